The summed E-state index contributed by atoms with van der Waals surface area (Å²) in [6, 6.07) is 10.4. The highest BCUT2D eigenvalue weighted by atomic mass is 19.1. The molecule has 3 N–H and O–H groups in total. The molecule has 1 saturated heterocycles. The van der Waals surface area contributed by atoms with Gasteiger partial charge in [0.2, 0.25) is 0 Å². The summed E-state index contributed by atoms with van der Waals surface area (Å²) in [5.41, 5.74) is 0.733. The molecular weight excluding hydrogens is 485 g/mol. The van der Waals surface area contributed by atoms with E-state index in [-0.39, 0.29) is 23.6 Å². The molecule has 1 aromatic carbocycles. The second-order valence-electron chi connectivity index (χ2n) is 11.8. The van der Waals surface area contributed by atoms with E-state index in [9.17, 15) is 19.1 Å². The van der Waals surface area contributed by atoms with Crippen LogP contribution >= 0.6 is 0 Å². The van der Waals surface area contributed by atoms with Crippen LogP contribution in [0.15, 0.2) is 36.4 Å². The minimum absolute atomic E-state index is 0.0359. The standard InChI is InChI=1S/C29H36FN5O3/c1-17-16-34(21-6-7-23(30)22(12-21)27(36)31-2)8-9-35(17)25-5-3-4-24(32-25)28(37)33-26-19-10-18-11-20(26)15-29(38,13-18)14-19/h3-7,12,17-20,26,38H,8-11,13-16H2,1-2H3,(H,31,36)(H,33,37)/t17-,18?,19?,20?,26-,29-/m1/s1. The number of halogens is 1. The maximum Gasteiger partial charge on any atom is 0.270 e. The lowest BCUT2D eigenvalue weighted by Crippen LogP contribution is -2.61. The van der Waals surface area contributed by atoms with E-state index in [1.165, 1.54) is 13.1 Å². The lowest BCUT2D eigenvalue weighted by atomic mass is 9.52. The monoisotopic (exact) mass is 521 g/mol. The zero-order valence-corrected chi connectivity index (χ0v) is 22.0. The van der Waals surface area contributed by atoms with E-state index < -0.39 is 17.3 Å². The number of carbonyl (C=O) groups is 2. The smallest absolute Gasteiger partial charge is 0.270 e. The number of amides is 2. The fraction of sp³-hybridized carbons (Fsp3) is 0.552. The summed E-state index contributed by atoms with van der Waals surface area (Å²) in [6.07, 6.45) is 4.69. The number of hydrogen-bond acceptors (Lipinski definition) is 6. The molecule has 2 unspecified atom stereocenters. The maximum absolute atomic E-state index is 14.1. The number of nitrogens with one attached hydrogen (secondary N) is 2. The third-order valence-corrected chi connectivity index (χ3v) is 9.21. The van der Waals surface area contributed by atoms with Crippen LogP contribution in [-0.4, -0.2) is 66.3 Å². The lowest BCUT2D eigenvalue weighted by Gasteiger charge is -2.58. The van der Waals surface area contributed by atoms with Gasteiger partial charge in [0.25, 0.3) is 11.8 Å². The van der Waals surface area contributed by atoms with Crippen LogP contribution in [-0.2, 0) is 0 Å². The van der Waals surface area contributed by atoms with Crippen LogP contribution < -0.4 is 20.4 Å². The van der Waals surface area contributed by atoms with Crippen molar-refractivity contribution in [2.24, 2.45) is 17.8 Å². The second kappa shape index (κ2) is 9.52. The molecule has 8 nitrogen and oxygen atoms in total. The van der Waals surface area contributed by atoms with Gasteiger partial charge < -0.3 is 25.5 Å². The largest absolute Gasteiger partial charge is 0.390 e. The summed E-state index contributed by atoms with van der Waals surface area (Å²) in [5.74, 6) is 0.926. The molecule has 2 amide bonds. The number of benzene rings is 1. The molecule has 0 radical (unpaired) electrons. The fourth-order valence-corrected chi connectivity index (χ4v) is 7.70. The van der Waals surface area contributed by atoms with Gasteiger partial charge >= 0.3 is 0 Å². The van der Waals surface area contributed by atoms with Crippen LogP contribution in [0.2, 0.25) is 0 Å². The van der Waals surface area contributed by atoms with Crippen LogP contribution in [0.3, 0.4) is 0 Å². The van der Waals surface area contributed by atoms with Crippen LogP contribution in [0.4, 0.5) is 15.9 Å². The topological polar surface area (TPSA) is 97.8 Å². The average Bonchev–Trinajstić information content (AvgIpc) is 2.89. The molecular formula is C29H36FN5O3. The number of anilines is 2. The van der Waals surface area contributed by atoms with Gasteiger partial charge in [0, 0.05) is 44.5 Å². The maximum atomic E-state index is 14.1. The first-order valence-corrected chi connectivity index (χ1v) is 13.8. The minimum Gasteiger partial charge on any atom is -0.390 e. The van der Waals surface area contributed by atoms with E-state index in [0.717, 1.165) is 43.6 Å². The third kappa shape index (κ3) is 4.51. The summed E-state index contributed by atoms with van der Waals surface area (Å²) >= 11 is 0. The molecule has 5 aliphatic rings. The van der Waals surface area contributed by atoms with E-state index >= 15 is 0 Å². The van der Waals surface area contributed by atoms with Crippen molar-refractivity contribution in [2.45, 2.75) is 56.7 Å². The molecule has 3 atom stereocenters. The van der Waals surface area contributed by atoms with E-state index in [4.69, 9.17) is 4.98 Å². The van der Waals surface area contributed by atoms with Gasteiger partial charge in [-0.2, -0.15) is 0 Å². The Balaban J connectivity index is 1.13. The number of pyridine rings is 1. The van der Waals surface area contributed by atoms with Crippen molar-refractivity contribution < 1.29 is 19.1 Å². The highest BCUT2D eigenvalue weighted by molar-refractivity contribution is 5.95. The van der Waals surface area contributed by atoms with E-state index in [1.807, 2.05) is 12.1 Å². The molecule has 4 aliphatic carbocycles. The zero-order valence-electron chi connectivity index (χ0n) is 22.0. The minimum atomic E-state index is -0.538. The van der Waals surface area contributed by atoms with Crippen molar-refractivity contribution in [3.63, 3.8) is 0 Å². The van der Waals surface area contributed by atoms with Gasteiger partial charge in [-0.15, -0.1) is 0 Å². The second-order valence-corrected chi connectivity index (χ2v) is 11.8. The van der Waals surface area contributed by atoms with Crippen molar-refractivity contribution >= 4 is 23.3 Å². The molecule has 1 aliphatic heterocycles. The van der Waals surface area contributed by atoms with Gasteiger partial charge in [0.15, 0.2) is 0 Å². The van der Waals surface area contributed by atoms with Crippen molar-refractivity contribution in [1.82, 2.24) is 15.6 Å². The molecule has 4 bridgehead atoms. The molecule has 1 aromatic heterocycles. The highest BCUT2D eigenvalue weighted by Gasteiger charge is 2.55. The van der Waals surface area contributed by atoms with Gasteiger partial charge in [0.1, 0.15) is 17.3 Å². The van der Waals surface area contributed by atoms with Crippen LogP contribution in [0, 0.1) is 23.6 Å². The van der Waals surface area contributed by atoms with Crippen molar-refractivity contribution in [3.8, 4) is 0 Å². The Morgan fingerprint density at radius 2 is 1.84 bits per heavy atom. The van der Waals surface area contributed by atoms with Crippen molar-refractivity contribution in [1.29, 1.82) is 0 Å². The molecule has 7 rings (SSSR count). The molecule has 5 fully saturated rings. The predicted molar refractivity (Wildman–Crippen MR) is 143 cm³/mol. The number of aliphatic hydroxyl groups is 1. The number of carbonyl (C=O) groups excluding carboxylic acids is 2. The first-order valence-electron chi connectivity index (χ1n) is 13.8. The van der Waals surface area contributed by atoms with Gasteiger partial charge in [-0.05, 0) is 87.1 Å². The first-order chi connectivity index (χ1) is 18.2. The summed E-state index contributed by atoms with van der Waals surface area (Å²) in [7, 11) is 1.49. The normalized spacial score (nSPS) is 31.8. The van der Waals surface area contributed by atoms with Gasteiger partial charge in [-0.3, -0.25) is 9.59 Å². The Bertz CT molecular complexity index is 1240. The van der Waals surface area contributed by atoms with Crippen molar-refractivity contribution in [3.05, 3.63) is 53.5 Å². The Morgan fingerprint density at radius 3 is 2.53 bits per heavy atom. The van der Waals surface area contributed by atoms with Gasteiger partial charge in [0.05, 0.1) is 11.2 Å². The number of piperazine rings is 1. The SMILES string of the molecule is CNC(=O)c1cc(N2CCN(c3cccc(C(=O)N[C@H]4C5CC6CC4C[C@](O)(C6)C5)n3)[C@H](C)C2)ccc1F. The van der Waals surface area contributed by atoms with E-state index in [1.54, 1.807) is 18.2 Å². The Kier molecular flexibility index (Phi) is 6.29. The summed E-state index contributed by atoms with van der Waals surface area (Å²) < 4.78 is 14.1. The Morgan fingerprint density at radius 1 is 1.08 bits per heavy atom. The van der Waals surface area contributed by atoms with Crippen LogP contribution in [0.25, 0.3) is 0 Å². The van der Waals surface area contributed by atoms with Crippen molar-refractivity contribution in [2.75, 3.05) is 36.5 Å². The predicted octanol–water partition coefficient (Wildman–Crippen LogP) is 2.96. The first kappa shape index (κ1) is 25.1. The van der Waals surface area contributed by atoms with E-state index in [0.29, 0.717) is 43.1 Å². The number of hydrogen-bond donors (Lipinski definition) is 3. The summed E-state index contributed by atoms with van der Waals surface area (Å²) in [6.45, 7) is 4.13. The number of nitrogens with zero attached hydrogens (tertiary/aromatic N) is 3. The molecule has 202 valence electrons. The van der Waals surface area contributed by atoms with Gasteiger partial charge in [-0.1, -0.05) is 6.07 Å². The zero-order chi connectivity index (χ0) is 26.6. The Hall–Kier alpha value is -3.20. The molecule has 9 heteroatoms. The quantitative estimate of drug-likeness (QED) is 0.560. The van der Waals surface area contributed by atoms with Crippen LogP contribution in [0.5, 0.6) is 0 Å². The molecule has 2 aromatic rings. The third-order valence-electron chi connectivity index (χ3n) is 9.21. The van der Waals surface area contributed by atoms with E-state index in [2.05, 4.69) is 27.4 Å². The average molecular weight is 522 g/mol. The lowest BCUT2D eigenvalue weighted by molar-refractivity contribution is -0.136. The molecule has 0 spiro atoms. The summed E-state index contributed by atoms with van der Waals surface area (Å²) in [4.78, 5) is 34.4. The molecule has 4 saturated carbocycles. The number of aromatic nitrogens is 1. The highest BCUT2D eigenvalue weighted by Crippen LogP contribution is 2.55. The summed E-state index contributed by atoms with van der Waals surface area (Å²) in [5, 5.41) is 16.6. The number of rotatable bonds is 5. The van der Waals surface area contributed by atoms with Gasteiger partial charge in [-0.25, -0.2) is 9.37 Å². The Labute approximate surface area is 222 Å². The molecule has 38 heavy (non-hydrogen) atoms. The molecule has 2 heterocycles. The van der Waals surface area contributed by atoms with Crippen LogP contribution in [0.1, 0.15) is 59.9 Å². The fourth-order valence-electron chi connectivity index (χ4n) is 7.70.